The fourth-order valence-electron chi connectivity index (χ4n) is 2.61. The minimum Gasteiger partial charge on any atom is -0.462 e. The van der Waals surface area contributed by atoms with Crippen molar-refractivity contribution in [2.75, 3.05) is 6.61 Å². The number of H-pyrrole nitrogens is 1. The molecule has 0 aliphatic rings. The Morgan fingerprint density at radius 3 is 2.73 bits per heavy atom. The van der Waals surface area contributed by atoms with Gasteiger partial charge < -0.3 is 4.74 Å². The molecule has 2 aromatic carbocycles. The Hall–Kier alpha value is -3.09. The molecule has 7 heteroatoms. The molecule has 0 aliphatic carbocycles. The highest BCUT2D eigenvalue weighted by atomic mass is 19.4. The number of aromatic amines is 1. The van der Waals surface area contributed by atoms with Gasteiger partial charge in [0, 0.05) is 18.1 Å². The first kappa shape index (κ1) is 17.7. The van der Waals surface area contributed by atoms with Crippen molar-refractivity contribution in [1.29, 1.82) is 0 Å². The minimum absolute atomic E-state index is 0.0386. The molecule has 0 radical (unpaired) electrons. The number of benzene rings is 2. The number of hydrogen-bond acceptors (Lipinski definition) is 3. The van der Waals surface area contributed by atoms with Crippen LogP contribution in [0, 0.1) is 0 Å². The van der Waals surface area contributed by atoms with Gasteiger partial charge in [0.15, 0.2) is 0 Å². The van der Waals surface area contributed by atoms with Crippen molar-refractivity contribution in [2.45, 2.75) is 12.6 Å². The lowest BCUT2D eigenvalue weighted by atomic mass is 10.0. The van der Waals surface area contributed by atoms with Gasteiger partial charge in [-0.25, -0.2) is 4.79 Å². The van der Waals surface area contributed by atoms with Crippen LogP contribution in [-0.2, 0) is 22.1 Å². The predicted octanol–water partition coefficient (Wildman–Crippen LogP) is 4.38. The number of halogens is 3. The van der Waals surface area contributed by atoms with Gasteiger partial charge in [-0.3, -0.25) is 5.10 Å². The van der Waals surface area contributed by atoms with E-state index in [1.54, 1.807) is 6.08 Å². The van der Waals surface area contributed by atoms with Crippen LogP contribution >= 0.6 is 0 Å². The van der Waals surface area contributed by atoms with Gasteiger partial charge in [0.05, 0.1) is 12.8 Å². The fourth-order valence-corrected chi connectivity index (χ4v) is 2.61. The molecule has 1 N–H and O–H groups in total. The monoisotopic (exact) mass is 360 g/mol. The zero-order valence-corrected chi connectivity index (χ0v) is 13.6. The Morgan fingerprint density at radius 2 is 1.92 bits per heavy atom. The van der Waals surface area contributed by atoms with Gasteiger partial charge in [0.25, 0.3) is 0 Å². The van der Waals surface area contributed by atoms with E-state index in [0.717, 1.165) is 22.5 Å². The fraction of sp³-hybridized carbons (Fsp3) is 0.158. The maximum Gasteiger partial charge on any atom is 0.433 e. The van der Waals surface area contributed by atoms with Crippen molar-refractivity contribution in [2.24, 2.45) is 0 Å². The van der Waals surface area contributed by atoms with Crippen molar-refractivity contribution >= 4 is 22.8 Å². The first-order valence-corrected chi connectivity index (χ1v) is 7.87. The summed E-state index contributed by atoms with van der Waals surface area (Å²) in [6, 6.07) is 13.5. The molecular formula is C19H15F3N2O2. The first-order chi connectivity index (χ1) is 12.4. The number of carbonyl (C=O) groups is 1. The van der Waals surface area contributed by atoms with Gasteiger partial charge in [0.2, 0.25) is 0 Å². The number of aromatic nitrogens is 2. The van der Waals surface area contributed by atoms with Crippen LogP contribution in [-0.4, -0.2) is 22.8 Å². The molecule has 0 amide bonds. The van der Waals surface area contributed by atoms with E-state index >= 15 is 0 Å². The molecule has 0 aliphatic heterocycles. The topological polar surface area (TPSA) is 55.0 Å². The first-order valence-electron chi connectivity index (χ1n) is 7.87. The lowest BCUT2D eigenvalue weighted by molar-refractivity contribution is -0.141. The zero-order valence-electron chi connectivity index (χ0n) is 13.6. The number of ether oxygens (including phenoxy) is 1. The molecule has 1 heterocycles. The van der Waals surface area contributed by atoms with Gasteiger partial charge in [-0.15, -0.1) is 0 Å². The summed E-state index contributed by atoms with van der Waals surface area (Å²) in [4.78, 5) is 11.8. The largest absolute Gasteiger partial charge is 0.462 e. The third kappa shape index (κ3) is 4.11. The average Bonchev–Trinajstić information content (AvgIpc) is 3.09. The van der Waals surface area contributed by atoms with Gasteiger partial charge in [0.1, 0.15) is 5.69 Å². The summed E-state index contributed by atoms with van der Waals surface area (Å²) in [5, 5.41) is 7.35. The summed E-state index contributed by atoms with van der Waals surface area (Å²) in [6.45, 7) is -0.165. The Balaban J connectivity index is 1.59. The van der Waals surface area contributed by atoms with Crippen LogP contribution in [0.15, 0.2) is 54.7 Å². The third-order valence-electron chi connectivity index (χ3n) is 3.84. The molecule has 1 aromatic heterocycles. The SMILES string of the molecule is O=C(/C=C/c1cccc2ccccc12)OCCc1cn[nH]c1C(F)(F)F. The number of alkyl halides is 3. The van der Waals surface area contributed by atoms with Crippen LogP contribution < -0.4 is 0 Å². The van der Waals surface area contributed by atoms with E-state index in [4.69, 9.17) is 4.74 Å². The molecule has 0 atom stereocenters. The molecule has 4 nitrogen and oxygen atoms in total. The number of fused-ring (bicyclic) bond motifs is 1. The lowest BCUT2D eigenvalue weighted by Gasteiger charge is -2.07. The number of nitrogens with zero attached hydrogens (tertiary/aromatic N) is 1. The number of hydrogen-bond donors (Lipinski definition) is 1. The van der Waals surface area contributed by atoms with E-state index in [1.807, 2.05) is 47.6 Å². The molecule has 134 valence electrons. The summed E-state index contributed by atoms with van der Waals surface area (Å²) in [5.74, 6) is -0.616. The van der Waals surface area contributed by atoms with Gasteiger partial charge in [-0.2, -0.15) is 18.3 Å². The summed E-state index contributed by atoms with van der Waals surface area (Å²) in [7, 11) is 0. The van der Waals surface area contributed by atoms with Crippen molar-refractivity contribution in [3.63, 3.8) is 0 Å². The Morgan fingerprint density at radius 1 is 1.15 bits per heavy atom. The maximum absolute atomic E-state index is 12.7. The number of esters is 1. The molecule has 0 saturated carbocycles. The predicted molar refractivity (Wildman–Crippen MR) is 91.2 cm³/mol. The molecule has 26 heavy (non-hydrogen) atoms. The average molecular weight is 360 g/mol. The van der Waals surface area contributed by atoms with Crippen molar-refractivity contribution < 1.29 is 22.7 Å². The van der Waals surface area contributed by atoms with Crippen LogP contribution in [0.5, 0.6) is 0 Å². The Labute approximate surface area is 147 Å². The Bertz CT molecular complexity index is 940. The van der Waals surface area contributed by atoms with E-state index in [0.29, 0.717) is 0 Å². The second kappa shape index (κ2) is 7.43. The molecule has 0 unspecified atom stereocenters. The van der Waals surface area contributed by atoms with E-state index in [1.165, 1.54) is 6.08 Å². The quantitative estimate of drug-likeness (QED) is 0.543. The van der Waals surface area contributed by atoms with Crippen LogP contribution in [0.1, 0.15) is 16.8 Å². The summed E-state index contributed by atoms with van der Waals surface area (Å²) in [5.41, 5.74) is -0.0996. The minimum atomic E-state index is -4.51. The summed E-state index contributed by atoms with van der Waals surface area (Å²) < 4.78 is 43.1. The molecule has 3 rings (SSSR count). The normalized spacial score (nSPS) is 12.0. The van der Waals surface area contributed by atoms with Crippen LogP contribution in [0.3, 0.4) is 0 Å². The van der Waals surface area contributed by atoms with Crippen LogP contribution in [0.2, 0.25) is 0 Å². The van der Waals surface area contributed by atoms with E-state index in [-0.39, 0.29) is 18.6 Å². The van der Waals surface area contributed by atoms with Gasteiger partial charge in [-0.05, 0) is 22.4 Å². The molecular weight excluding hydrogens is 345 g/mol. The number of carbonyl (C=O) groups excluding carboxylic acids is 1. The highest BCUT2D eigenvalue weighted by Gasteiger charge is 2.35. The van der Waals surface area contributed by atoms with Crippen LogP contribution in [0.4, 0.5) is 13.2 Å². The van der Waals surface area contributed by atoms with Crippen LogP contribution in [0.25, 0.3) is 16.8 Å². The zero-order chi connectivity index (χ0) is 18.6. The molecule has 0 spiro atoms. The summed E-state index contributed by atoms with van der Waals surface area (Å²) >= 11 is 0. The number of rotatable bonds is 5. The Kier molecular flexibility index (Phi) is 5.06. The third-order valence-corrected chi connectivity index (χ3v) is 3.84. The van der Waals surface area contributed by atoms with Crippen molar-refractivity contribution in [3.05, 3.63) is 71.6 Å². The van der Waals surface area contributed by atoms with E-state index < -0.39 is 17.8 Å². The lowest BCUT2D eigenvalue weighted by Crippen LogP contribution is -2.11. The second-order valence-corrected chi connectivity index (χ2v) is 5.59. The number of nitrogens with one attached hydrogen (secondary N) is 1. The smallest absolute Gasteiger partial charge is 0.433 e. The van der Waals surface area contributed by atoms with Gasteiger partial charge >= 0.3 is 12.1 Å². The molecule has 0 saturated heterocycles. The standard InChI is InChI=1S/C19H15F3N2O2/c20-19(21,22)18-15(12-23-24-18)10-11-26-17(25)9-8-14-6-3-5-13-4-1-2-7-16(13)14/h1-9,12H,10-11H2,(H,23,24)/b9-8+. The van der Waals surface area contributed by atoms with E-state index in [2.05, 4.69) is 5.10 Å². The highest BCUT2D eigenvalue weighted by Crippen LogP contribution is 2.30. The molecule has 0 fully saturated rings. The van der Waals surface area contributed by atoms with Gasteiger partial charge in [-0.1, -0.05) is 42.5 Å². The molecule has 0 bridgehead atoms. The second-order valence-electron chi connectivity index (χ2n) is 5.59. The van der Waals surface area contributed by atoms with Crippen molar-refractivity contribution in [1.82, 2.24) is 10.2 Å². The van der Waals surface area contributed by atoms with E-state index in [9.17, 15) is 18.0 Å². The summed E-state index contributed by atoms with van der Waals surface area (Å²) in [6.07, 6.45) is -0.600. The molecule has 3 aromatic rings. The maximum atomic E-state index is 12.7. The van der Waals surface area contributed by atoms with Crippen molar-refractivity contribution in [3.8, 4) is 0 Å². The highest BCUT2D eigenvalue weighted by molar-refractivity contribution is 5.94.